The minimum Gasteiger partial charge on any atom is -0.482 e. The average Bonchev–Trinajstić information content (AvgIpc) is 2.82. The van der Waals surface area contributed by atoms with E-state index in [1.807, 2.05) is 30.3 Å². The molecule has 2 amide bonds. The number of hydrogen-bond donors (Lipinski definition) is 3. The van der Waals surface area contributed by atoms with Crippen LogP contribution in [0.5, 0.6) is 5.75 Å². The number of carbonyl (C=O) groups is 2. The summed E-state index contributed by atoms with van der Waals surface area (Å²) in [6, 6.07) is 15.6. The first-order valence-corrected chi connectivity index (χ1v) is 12.0. The predicted molar refractivity (Wildman–Crippen MR) is 138 cm³/mol. The van der Waals surface area contributed by atoms with Crippen molar-refractivity contribution in [2.24, 2.45) is 0 Å². The van der Waals surface area contributed by atoms with Gasteiger partial charge in [-0.3, -0.25) is 9.59 Å². The van der Waals surface area contributed by atoms with Gasteiger partial charge in [0, 0.05) is 23.3 Å². The molecule has 9 nitrogen and oxygen atoms in total. The number of nitrogens with one attached hydrogen (secondary N) is 2. The zero-order valence-corrected chi connectivity index (χ0v) is 21.8. The Labute approximate surface area is 217 Å². The van der Waals surface area contributed by atoms with E-state index >= 15 is 0 Å². The molecule has 3 N–H and O–H groups in total. The van der Waals surface area contributed by atoms with Crippen LogP contribution >= 0.6 is 15.9 Å². The lowest BCUT2D eigenvalue weighted by Gasteiger charge is -2.22. The molecular formula is C26H28BrN3O6. The molecule has 0 saturated carbocycles. The Morgan fingerprint density at radius 2 is 1.78 bits per heavy atom. The summed E-state index contributed by atoms with van der Waals surface area (Å²) < 4.78 is 12.9. The van der Waals surface area contributed by atoms with Crippen molar-refractivity contribution in [1.82, 2.24) is 9.99 Å². The standard InChI is InChI=1S/C26H28BrN3O6/c1-26(2,3)36-25(34)29-30-12-11-21(32)23(35-16-17-7-5-4-6-8-17)22(30)24(33)28-14-19-13-20(27)10-9-18(19)15-31/h4-13,31H,14-16H2,1-3H3,(H,28,33)(H,29,34). The highest BCUT2D eigenvalue weighted by molar-refractivity contribution is 9.10. The summed E-state index contributed by atoms with van der Waals surface area (Å²) in [4.78, 5) is 38.5. The molecule has 190 valence electrons. The first-order chi connectivity index (χ1) is 17.1. The van der Waals surface area contributed by atoms with Gasteiger partial charge >= 0.3 is 6.09 Å². The third kappa shape index (κ3) is 7.43. The molecule has 0 spiro atoms. The molecule has 1 heterocycles. The zero-order chi connectivity index (χ0) is 26.3. The number of amides is 2. The normalized spacial score (nSPS) is 11.0. The summed E-state index contributed by atoms with van der Waals surface area (Å²) in [7, 11) is 0. The fourth-order valence-corrected chi connectivity index (χ4v) is 3.67. The number of pyridine rings is 1. The molecule has 36 heavy (non-hydrogen) atoms. The van der Waals surface area contributed by atoms with Crippen LogP contribution in [0.4, 0.5) is 4.79 Å². The maximum absolute atomic E-state index is 13.4. The highest BCUT2D eigenvalue weighted by atomic mass is 79.9. The van der Waals surface area contributed by atoms with Crippen LogP contribution in [-0.4, -0.2) is 27.4 Å². The molecule has 3 aromatic rings. The highest BCUT2D eigenvalue weighted by Crippen LogP contribution is 2.19. The number of carbonyl (C=O) groups excluding carboxylic acids is 2. The summed E-state index contributed by atoms with van der Waals surface area (Å²) in [5.41, 5.74) is 3.06. The molecule has 0 fully saturated rings. The number of aliphatic hydroxyl groups excluding tert-OH is 1. The van der Waals surface area contributed by atoms with Gasteiger partial charge in [-0.1, -0.05) is 52.3 Å². The summed E-state index contributed by atoms with van der Waals surface area (Å²) in [6.07, 6.45) is 0.443. The molecule has 0 aliphatic carbocycles. The second-order valence-electron chi connectivity index (χ2n) is 8.87. The maximum Gasteiger partial charge on any atom is 0.426 e. The summed E-state index contributed by atoms with van der Waals surface area (Å²) in [6.45, 7) is 5.00. The smallest absolute Gasteiger partial charge is 0.426 e. The molecule has 10 heteroatoms. The number of benzene rings is 2. The van der Waals surface area contributed by atoms with Gasteiger partial charge < -0.3 is 19.9 Å². The van der Waals surface area contributed by atoms with Gasteiger partial charge in [-0.25, -0.2) is 14.9 Å². The van der Waals surface area contributed by atoms with Crippen LogP contribution in [0, 0.1) is 0 Å². The number of aromatic nitrogens is 1. The number of hydrogen-bond acceptors (Lipinski definition) is 6. The van der Waals surface area contributed by atoms with Crippen molar-refractivity contribution in [2.45, 2.75) is 46.1 Å². The van der Waals surface area contributed by atoms with Crippen LogP contribution in [0.1, 0.15) is 48.0 Å². The van der Waals surface area contributed by atoms with Crippen LogP contribution in [0.25, 0.3) is 0 Å². The van der Waals surface area contributed by atoms with Crippen LogP contribution in [0.2, 0.25) is 0 Å². The molecular weight excluding hydrogens is 530 g/mol. The monoisotopic (exact) mass is 557 g/mol. The molecule has 1 aromatic heterocycles. The Bertz CT molecular complexity index is 1290. The third-order valence-corrected chi connectivity index (χ3v) is 5.38. The van der Waals surface area contributed by atoms with Crippen molar-refractivity contribution in [3.05, 3.63) is 97.9 Å². The second kappa shape index (κ2) is 11.9. The molecule has 0 atom stereocenters. The van der Waals surface area contributed by atoms with Crippen molar-refractivity contribution in [3.8, 4) is 5.75 Å². The number of rotatable bonds is 8. The summed E-state index contributed by atoms with van der Waals surface area (Å²) >= 11 is 3.38. The number of ether oxygens (including phenoxy) is 2. The number of halogens is 1. The fourth-order valence-electron chi connectivity index (χ4n) is 3.27. The van der Waals surface area contributed by atoms with E-state index in [1.165, 1.54) is 12.3 Å². The molecule has 0 aliphatic heterocycles. The minimum atomic E-state index is -0.816. The van der Waals surface area contributed by atoms with E-state index in [9.17, 15) is 19.5 Å². The van der Waals surface area contributed by atoms with Crippen molar-refractivity contribution in [1.29, 1.82) is 0 Å². The van der Waals surface area contributed by atoms with E-state index in [1.54, 1.807) is 39.0 Å². The predicted octanol–water partition coefficient (Wildman–Crippen LogP) is 4.09. The van der Waals surface area contributed by atoms with Crippen LogP contribution in [-0.2, 0) is 24.5 Å². The Balaban J connectivity index is 1.94. The lowest BCUT2D eigenvalue weighted by atomic mass is 10.1. The van der Waals surface area contributed by atoms with E-state index in [0.29, 0.717) is 11.1 Å². The van der Waals surface area contributed by atoms with Crippen LogP contribution in [0.15, 0.2) is 70.1 Å². The Morgan fingerprint density at radius 3 is 2.44 bits per heavy atom. The molecule has 2 aromatic carbocycles. The van der Waals surface area contributed by atoms with Crippen molar-refractivity contribution < 1.29 is 24.2 Å². The molecule has 0 radical (unpaired) electrons. The maximum atomic E-state index is 13.4. The van der Waals surface area contributed by atoms with E-state index < -0.39 is 23.0 Å². The SMILES string of the molecule is CC(C)(C)OC(=O)Nn1ccc(=O)c(OCc2ccccc2)c1C(=O)NCc1cc(Br)ccc1CO. The molecule has 0 saturated heterocycles. The average molecular weight is 558 g/mol. The molecule has 0 bridgehead atoms. The first-order valence-electron chi connectivity index (χ1n) is 11.2. The third-order valence-electron chi connectivity index (χ3n) is 4.88. The lowest BCUT2D eigenvalue weighted by Crippen LogP contribution is -2.37. The summed E-state index contributed by atoms with van der Waals surface area (Å²) in [5.74, 6) is -0.901. The Hall–Kier alpha value is -3.63. The largest absolute Gasteiger partial charge is 0.482 e. The van der Waals surface area contributed by atoms with Crippen molar-refractivity contribution >= 4 is 27.9 Å². The second-order valence-corrected chi connectivity index (χ2v) is 9.79. The number of nitrogens with zero attached hydrogens (tertiary/aromatic N) is 1. The highest BCUT2D eigenvalue weighted by Gasteiger charge is 2.24. The molecule has 3 rings (SSSR count). The molecule has 0 aliphatic rings. The van der Waals surface area contributed by atoms with Gasteiger partial charge in [0.15, 0.2) is 11.4 Å². The lowest BCUT2D eigenvalue weighted by molar-refractivity contribution is 0.0612. The quantitative estimate of drug-likeness (QED) is 0.383. The molecule has 0 unspecified atom stereocenters. The zero-order valence-electron chi connectivity index (χ0n) is 20.2. The number of aliphatic hydroxyl groups is 1. The van der Waals surface area contributed by atoms with Crippen LogP contribution < -0.4 is 20.9 Å². The first kappa shape index (κ1) is 27.0. The fraction of sp³-hybridized carbons (Fsp3) is 0.269. The van der Waals surface area contributed by atoms with Gasteiger partial charge in [0.1, 0.15) is 12.2 Å². The van der Waals surface area contributed by atoms with Gasteiger partial charge in [-0.15, -0.1) is 0 Å². The van der Waals surface area contributed by atoms with E-state index in [4.69, 9.17) is 9.47 Å². The van der Waals surface area contributed by atoms with E-state index in [2.05, 4.69) is 26.7 Å². The van der Waals surface area contributed by atoms with Crippen molar-refractivity contribution in [3.63, 3.8) is 0 Å². The van der Waals surface area contributed by atoms with Gasteiger partial charge in [0.05, 0.1) is 6.61 Å². The van der Waals surface area contributed by atoms with E-state index in [-0.39, 0.29) is 31.2 Å². The van der Waals surface area contributed by atoms with E-state index in [0.717, 1.165) is 14.7 Å². The Kier molecular flexibility index (Phi) is 8.89. The van der Waals surface area contributed by atoms with Crippen LogP contribution in [0.3, 0.4) is 0 Å². The van der Waals surface area contributed by atoms with Crippen molar-refractivity contribution in [2.75, 3.05) is 5.43 Å². The van der Waals surface area contributed by atoms with Gasteiger partial charge in [-0.2, -0.15) is 0 Å². The van der Waals surface area contributed by atoms with Gasteiger partial charge in [-0.05, 0) is 49.6 Å². The topological polar surface area (TPSA) is 119 Å². The summed E-state index contributed by atoms with van der Waals surface area (Å²) in [5, 5.41) is 12.4. The minimum absolute atomic E-state index is 0.0348. The van der Waals surface area contributed by atoms with Gasteiger partial charge in [0.2, 0.25) is 5.43 Å². The van der Waals surface area contributed by atoms with Gasteiger partial charge in [0.25, 0.3) is 5.91 Å². The Morgan fingerprint density at radius 1 is 1.06 bits per heavy atom.